The highest BCUT2D eigenvalue weighted by molar-refractivity contribution is 6.30. The Morgan fingerprint density at radius 1 is 0.510 bits per heavy atom. The molecule has 2 atom stereocenters. The molecule has 2 unspecified atom stereocenters. The van der Waals surface area contributed by atoms with Crippen LogP contribution in [-0.4, -0.2) is 5.11 Å². The topological polar surface area (TPSA) is 20.2 Å². The summed E-state index contributed by atoms with van der Waals surface area (Å²) in [5.41, 5.74) is -9.67. The number of rotatable bonds is 7. The van der Waals surface area contributed by atoms with Crippen LogP contribution < -0.4 is 0 Å². The summed E-state index contributed by atoms with van der Waals surface area (Å²) in [4.78, 5) is 0. The summed E-state index contributed by atoms with van der Waals surface area (Å²) in [6.45, 7) is 0. The van der Waals surface area contributed by atoms with Crippen molar-refractivity contribution in [3.63, 3.8) is 0 Å². The van der Waals surface area contributed by atoms with Crippen molar-refractivity contribution in [3.05, 3.63) is 225 Å². The minimum Gasteiger partial charge on any atom is -0.374 e. The Kier molecular flexibility index (Phi) is 8.96. The maximum absolute atomic E-state index is 19.5. The normalized spacial score (nSPS) is 19.2. The molecule has 8 heteroatoms. The second kappa shape index (κ2) is 13.4. The van der Waals surface area contributed by atoms with Crippen LogP contribution in [0.4, 0.5) is 26.3 Å². The molecule has 6 aromatic carbocycles. The van der Waals surface area contributed by atoms with E-state index >= 15 is 26.3 Å². The largest absolute Gasteiger partial charge is 0.374 e. The third-order valence-electron chi connectivity index (χ3n) is 9.33. The standard InChI is InChI=1S/C43H27ClF6O/c44-30-24-22-28(23-25-30)36-37(35(26-12-4-1-5-13-26)27-14-6-2-7-15-27)38(29-16-8-3-9-17-29)42(50,31-18-10-20-33(45)39(31)47)43(51,41(36)49)32-19-11-21-34(46)40(32)48/h1-25,35,51H. The van der Waals surface area contributed by atoms with E-state index in [4.69, 9.17) is 11.6 Å². The Morgan fingerprint density at radius 3 is 1.51 bits per heavy atom. The van der Waals surface area contributed by atoms with Gasteiger partial charge in [-0.2, -0.15) is 0 Å². The van der Waals surface area contributed by atoms with E-state index < -0.39 is 63.0 Å². The minimum atomic E-state index is -3.84. The number of aliphatic hydroxyl groups is 1. The lowest BCUT2D eigenvalue weighted by Gasteiger charge is -2.48. The first-order valence-electron chi connectivity index (χ1n) is 16.0. The van der Waals surface area contributed by atoms with Crippen LogP contribution in [0.1, 0.15) is 39.3 Å². The van der Waals surface area contributed by atoms with Gasteiger partial charge in [-0.25, -0.2) is 26.3 Å². The van der Waals surface area contributed by atoms with E-state index in [-0.39, 0.29) is 27.3 Å². The molecule has 0 heterocycles. The Bertz CT molecular complexity index is 2250. The van der Waals surface area contributed by atoms with Crippen molar-refractivity contribution in [1.29, 1.82) is 0 Å². The summed E-state index contributed by atoms with van der Waals surface area (Å²) < 4.78 is 100. The fourth-order valence-corrected chi connectivity index (χ4v) is 7.22. The van der Waals surface area contributed by atoms with E-state index in [0.717, 1.165) is 36.4 Å². The van der Waals surface area contributed by atoms with Gasteiger partial charge in [0.2, 0.25) is 5.67 Å². The van der Waals surface area contributed by atoms with Crippen molar-refractivity contribution in [2.75, 3.05) is 0 Å². The molecule has 0 saturated heterocycles. The molecule has 1 N–H and O–H groups in total. The summed E-state index contributed by atoms with van der Waals surface area (Å²) in [7, 11) is 0. The molecule has 0 fully saturated rings. The molecular formula is C43H27ClF6O. The predicted octanol–water partition coefficient (Wildman–Crippen LogP) is 11.6. The smallest absolute Gasteiger partial charge is 0.204 e. The molecule has 0 radical (unpaired) electrons. The van der Waals surface area contributed by atoms with E-state index in [1.165, 1.54) is 36.4 Å². The zero-order chi connectivity index (χ0) is 35.9. The van der Waals surface area contributed by atoms with Gasteiger partial charge in [-0.05, 0) is 52.1 Å². The van der Waals surface area contributed by atoms with Gasteiger partial charge >= 0.3 is 0 Å². The number of alkyl halides is 1. The molecule has 7 rings (SSSR count). The minimum absolute atomic E-state index is 0.0322. The first-order valence-corrected chi connectivity index (χ1v) is 16.3. The molecule has 0 aliphatic heterocycles. The molecule has 0 aromatic heterocycles. The van der Waals surface area contributed by atoms with Crippen LogP contribution in [0.2, 0.25) is 5.02 Å². The first kappa shape index (κ1) is 34.1. The van der Waals surface area contributed by atoms with E-state index in [9.17, 15) is 5.11 Å². The van der Waals surface area contributed by atoms with Crippen LogP contribution in [-0.2, 0) is 11.3 Å². The maximum Gasteiger partial charge on any atom is 0.204 e. The van der Waals surface area contributed by atoms with Crippen LogP contribution in [0.3, 0.4) is 0 Å². The van der Waals surface area contributed by atoms with Crippen LogP contribution in [0.5, 0.6) is 0 Å². The zero-order valence-electron chi connectivity index (χ0n) is 26.6. The average Bonchev–Trinajstić information content (AvgIpc) is 3.15. The summed E-state index contributed by atoms with van der Waals surface area (Å²) in [6.07, 6.45) is 0. The van der Waals surface area contributed by atoms with Gasteiger partial charge in [0.15, 0.2) is 28.9 Å². The van der Waals surface area contributed by atoms with Crippen molar-refractivity contribution in [1.82, 2.24) is 0 Å². The molecule has 0 spiro atoms. The number of allylic oxidation sites excluding steroid dienone is 2. The number of hydrogen-bond donors (Lipinski definition) is 1. The molecule has 0 saturated carbocycles. The molecule has 254 valence electrons. The Morgan fingerprint density at radius 2 is 0.980 bits per heavy atom. The van der Waals surface area contributed by atoms with Gasteiger partial charge in [0.05, 0.1) is 0 Å². The number of benzene rings is 6. The van der Waals surface area contributed by atoms with E-state index in [1.807, 2.05) is 0 Å². The van der Waals surface area contributed by atoms with E-state index in [0.29, 0.717) is 11.1 Å². The SMILES string of the molecule is OC1(c2cccc(F)c2F)C(F)=C(c2ccc(Cl)cc2)C(C(c2ccccc2)c2ccccc2)=C(c2ccccc2)C1(F)c1cccc(F)c1F. The van der Waals surface area contributed by atoms with Gasteiger partial charge in [-0.15, -0.1) is 0 Å². The molecule has 0 bridgehead atoms. The third-order valence-corrected chi connectivity index (χ3v) is 9.58. The second-order valence-corrected chi connectivity index (χ2v) is 12.6. The molecule has 1 aliphatic carbocycles. The molecular weight excluding hydrogens is 682 g/mol. The monoisotopic (exact) mass is 708 g/mol. The van der Waals surface area contributed by atoms with Crippen LogP contribution in [0.15, 0.2) is 163 Å². The number of hydrogen-bond acceptors (Lipinski definition) is 1. The fourth-order valence-electron chi connectivity index (χ4n) is 7.09. The van der Waals surface area contributed by atoms with Crippen LogP contribution in [0.25, 0.3) is 11.1 Å². The van der Waals surface area contributed by atoms with Crippen molar-refractivity contribution in [3.8, 4) is 0 Å². The van der Waals surface area contributed by atoms with Gasteiger partial charge in [0.25, 0.3) is 0 Å². The first-order chi connectivity index (χ1) is 24.6. The Hall–Kier alpha value is -5.37. The van der Waals surface area contributed by atoms with Crippen molar-refractivity contribution >= 4 is 22.7 Å². The summed E-state index contributed by atoms with van der Waals surface area (Å²) >= 11 is 6.25. The van der Waals surface area contributed by atoms with Crippen molar-refractivity contribution in [2.24, 2.45) is 0 Å². The van der Waals surface area contributed by atoms with Gasteiger partial charge in [0.1, 0.15) is 5.83 Å². The summed E-state index contributed by atoms with van der Waals surface area (Å²) in [5, 5.41) is 13.2. The lowest BCUT2D eigenvalue weighted by atomic mass is 9.59. The summed E-state index contributed by atoms with van der Waals surface area (Å²) in [5.74, 6) is -9.23. The van der Waals surface area contributed by atoms with Crippen molar-refractivity contribution in [2.45, 2.75) is 17.2 Å². The molecule has 51 heavy (non-hydrogen) atoms. The van der Waals surface area contributed by atoms with Gasteiger partial charge in [-0.3, -0.25) is 0 Å². The van der Waals surface area contributed by atoms with Crippen LogP contribution in [0, 0.1) is 23.3 Å². The maximum atomic E-state index is 19.5. The average molecular weight is 709 g/mol. The van der Waals surface area contributed by atoms with Gasteiger partial charge < -0.3 is 5.11 Å². The third kappa shape index (κ3) is 5.48. The number of halogens is 7. The molecule has 1 aliphatic rings. The Labute approximate surface area is 295 Å². The highest BCUT2D eigenvalue weighted by Gasteiger charge is 2.66. The van der Waals surface area contributed by atoms with Crippen molar-refractivity contribution < 1.29 is 31.4 Å². The lowest BCUT2D eigenvalue weighted by Crippen LogP contribution is -2.52. The molecule has 1 nitrogen and oxygen atoms in total. The lowest BCUT2D eigenvalue weighted by molar-refractivity contribution is -0.0729. The van der Waals surface area contributed by atoms with Gasteiger partial charge in [0, 0.05) is 33.2 Å². The molecule has 6 aromatic rings. The van der Waals surface area contributed by atoms with Gasteiger partial charge in [-0.1, -0.05) is 139 Å². The summed E-state index contributed by atoms with van der Waals surface area (Å²) in [6, 6.07) is 36.1. The van der Waals surface area contributed by atoms with Crippen LogP contribution >= 0.6 is 11.6 Å². The van der Waals surface area contributed by atoms with E-state index in [2.05, 4.69) is 0 Å². The molecule has 0 amide bonds. The highest BCUT2D eigenvalue weighted by atomic mass is 35.5. The zero-order valence-corrected chi connectivity index (χ0v) is 27.4. The Balaban J connectivity index is 1.78. The predicted molar refractivity (Wildman–Crippen MR) is 187 cm³/mol. The second-order valence-electron chi connectivity index (χ2n) is 12.2. The fraction of sp³-hybridized carbons (Fsp3) is 0.0698. The highest BCUT2D eigenvalue weighted by Crippen LogP contribution is 2.65. The van der Waals surface area contributed by atoms with E-state index in [1.54, 1.807) is 78.9 Å². The quantitative estimate of drug-likeness (QED) is 0.164.